The van der Waals surface area contributed by atoms with Gasteiger partial charge < -0.3 is 25.0 Å². The summed E-state index contributed by atoms with van der Waals surface area (Å²) in [4.78, 5) is 38.2. The minimum Gasteiger partial charge on any atom is -0.468 e. The number of carbonyl (C=O) groups is 3. The number of carbonyl (C=O) groups excluding carboxylic acids is 3. The van der Waals surface area contributed by atoms with E-state index in [0.29, 0.717) is 6.54 Å². The van der Waals surface area contributed by atoms with E-state index in [0.717, 1.165) is 12.8 Å². The van der Waals surface area contributed by atoms with Gasteiger partial charge in [0, 0.05) is 6.54 Å². The Morgan fingerprint density at radius 3 is 2.52 bits per heavy atom. The average molecular weight is 354 g/mol. The molecule has 0 aromatic heterocycles. The van der Waals surface area contributed by atoms with Gasteiger partial charge in [-0.3, -0.25) is 15.3 Å². The summed E-state index contributed by atoms with van der Waals surface area (Å²) < 4.78 is 9.85. The maximum absolute atomic E-state index is 13.2. The third-order valence-corrected chi connectivity index (χ3v) is 5.37. The predicted molar refractivity (Wildman–Crippen MR) is 87.3 cm³/mol. The van der Waals surface area contributed by atoms with Crippen molar-refractivity contribution in [3.05, 3.63) is 0 Å². The molecule has 2 saturated heterocycles. The van der Waals surface area contributed by atoms with Crippen molar-refractivity contribution >= 4 is 17.9 Å². The number of methoxy groups -OCH3 is 1. The number of nitrogens with two attached hydrogens (primary N) is 1. The lowest BCUT2D eigenvalue weighted by molar-refractivity contribution is -0.142. The van der Waals surface area contributed by atoms with Crippen LogP contribution >= 0.6 is 0 Å². The molecule has 2 heterocycles. The molecular formula is C16H26N4O5. The Kier molecular flexibility index (Phi) is 3.99. The number of hydrogen-bond donors (Lipinski definition) is 3. The lowest BCUT2D eigenvalue weighted by Crippen LogP contribution is -2.61. The number of ether oxygens (including phenoxy) is 2. The zero-order valence-electron chi connectivity index (χ0n) is 15.0. The van der Waals surface area contributed by atoms with Gasteiger partial charge in [-0.05, 0) is 18.3 Å². The molecule has 4 N–H and O–H groups in total. The summed E-state index contributed by atoms with van der Waals surface area (Å²) in [6.45, 7) is 5.97. The zero-order chi connectivity index (χ0) is 18.6. The highest BCUT2D eigenvalue weighted by atomic mass is 16.7. The van der Waals surface area contributed by atoms with Crippen LogP contribution in [0.1, 0.15) is 33.6 Å². The molecule has 9 nitrogen and oxygen atoms in total. The highest BCUT2D eigenvalue weighted by Gasteiger charge is 2.94. The van der Waals surface area contributed by atoms with Crippen molar-refractivity contribution in [2.75, 3.05) is 20.2 Å². The van der Waals surface area contributed by atoms with Crippen molar-refractivity contribution in [1.82, 2.24) is 15.5 Å². The molecule has 3 rings (SSSR count). The summed E-state index contributed by atoms with van der Waals surface area (Å²) in [5.41, 5.74) is 4.53. The first kappa shape index (κ1) is 17.9. The molecule has 2 unspecified atom stereocenters. The fourth-order valence-electron chi connectivity index (χ4n) is 3.82. The molecule has 3 fully saturated rings. The smallest absolute Gasteiger partial charge is 0.325 e. The minimum atomic E-state index is -0.747. The number of rotatable bonds is 4. The van der Waals surface area contributed by atoms with Crippen molar-refractivity contribution in [3.8, 4) is 0 Å². The van der Waals surface area contributed by atoms with Gasteiger partial charge in [-0.2, -0.15) is 0 Å². The molecule has 1 saturated carbocycles. The van der Waals surface area contributed by atoms with E-state index in [-0.39, 0.29) is 18.6 Å². The van der Waals surface area contributed by atoms with Crippen molar-refractivity contribution in [1.29, 1.82) is 0 Å². The van der Waals surface area contributed by atoms with E-state index in [1.165, 1.54) is 7.11 Å². The molecule has 0 bridgehead atoms. The molecule has 1 spiro atoms. The number of esters is 1. The van der Waals surface area contributed by atoms with Gasteiger partial charge in [-0.15, -0.1) is 0 Å². The summed E-state index contributed by atoms with van der Waals surface area (Å²) >= 11 is 0. The summed E-state index contributed by atoms with van der Waals surface area (Å²) in [5, 5.41) is 5.09. The number of nitrogens with zero attached hydrogens (tertiary/aromatic N) is 1. The monoisotopic (exact) mass is 354 g/mol. The van der Waals surface area contributed by atoms with E-state index < -0.39 is 34.7 Å². The number of epoxide rings is 1. The maximum Gasteiger partial charge on any atom is 0.325 e. The molecule has 25 heavy (non-hydrogen) atoms. The second kappa shape index (κ2) is 5.57. The lowest BCUT2D eigenvalue weighted by atomic mass is 9.85. The van der Waals surface area contributed by atoms with Gasteiger partial charge >= 0.3 is 12.0 Å². The number of hydrogen-bond acceptors (Lipinski definition) is 6. The first-order valence-corrected chi connectivity index (χ1v) is 8.47. The van der Waals surface area contributed by atoms with Gasteiger partial charge in [0.15, 0.2) is 5.72 Å². The van der Waals surface area contributed by atoms with Crippen molar-refractivity contribution in [2.24, 2.45) is 11.1 Å². The van der Waals surface area contributed by atoms with E-state index >= 15 is 0 Å². The average Bonchev–Trinajstić information content (AvgIpc) is 3.24. The van der Waals surface area contributed by atoms with Gasteiger partial charge in [0.2, 0.25) is 5.91 Å². The van der Waals surface area contributed by atoms with Crippen LogP contribution in [0.5, 0.6) is 0 Å². The number of nitrogens with one attached hydrogen (secondary N) is 2. The Labute approximate surface area is 146 Å². The third kappa shape index (κ3) is 2.65. The molecular weight excluding hydrogens is 328 g/mol. The highest BCUT2D eigenvalue weighted by Crippen LogP contribution is 2.71. The number of amides is 3. The third-order valence-electron chi connectivity index (χ3n) is 5.37. The first-order chi connectivity index (χ1) is 11.6. The van der Waals surface area contributed by atoms with E-state index in [2.05, 4.69) is 15.4 Å². The fraction of sp³-hybridized carbons (Fsp3) is 0.812. The van der Waals surface area contributed by atoms with Gasteiger partial charge in [0.25, 0.3) is 0 Å². The standard InChI is InChI=1S/C16H26N4O5/c1-14(2,3)10(19-13(23)18-8-9(21)24-4)11(22)20-7-5-6-15(20)12-16(15,17)25-12/h10,12H,5-8,17H2,1-4H3,(H2,18,19,23)/t10-,12?,15+,16?/m1/s1. The van der Waals surface area contributed by atoms with Crippen LogP contribution in [0, 0.1) is 5.41 Å². The van der Waals surface area contributed by atoms with Crippen molar-refractivity contribution in [2.45, 2.75) is 57.0 Å². The topological polar surface area (TPSA) is 126 Å². The predicted octanol–water partition coefficient (Wildman–Crippen LogP) is -0.698. The molecule has 4 atom stereocenters. The fourth-order valence-corrected chi connectivity index (χ4v) is 3.82. The first-order valence-electron chi connectivity index (χ1n) is 8.47. The normalized spacial score (nSPS) is 33.5. The SMILES string of the molecule is COC(=O)CNC(=O)N[C@H](C(=O)N1CCC[C@@]12C1OC12N)C(C)(C)C. The van der Waals surface area contributed by atoms with Crippen molar-refractivity contribution in [3.63, 3.8) is 0 Å². The Hall–Kier alpha value is -1.87. The van der Waals surface area contributed by atoms with Crippen LogP contribution in [-0.2, 0) is 19.1 Å². The second-order valence-electron chi connectivity index (χ2n) is 8.01. The summed E-state index contributed by atoms with van der Waals surface area (Å²) in [7, 11) is 1.24. The largest absolute Gasteiger partial charge is 0.468 e. The van der Waals surface area contributed by atoms with Gasteiger partial charge in [-0.1, -0.05) is 20.8 Å². The number of fused-ring (bicyclic) bond motifs is 3. The van der Waals surface area contributed by atoms with Crippen LogP contribution in [0.15, 0.2) is 0 Å². The molecule has 0 radical (unpaired) electrons. The van der Waals surface area contributed by atoms with Crippen LogP contribution in [0.4, 0.5) is 4.79 Å². The van der Waals surface area contributed by atoms with Gasteiger partial charge in [0.05, 0.1) is 7.11 Å². The quantitative estimate of drug-likeness (QED) is 0.453. The molecule has 3 amide bonds. The van der Waals surface area contributed by atoms with Crippen LogP contribution in [-0.4, -0.2) is 66.4 Å². The minimum absolute atomic E-state index is 0.0831. The summed E-state index contributed by atoms with van der Waals surface area (Å²) in [6, 6.07) is -1.34. The van der Waals surface area contributed by atoms with Gasteiger partial charge in [0.1, 0.15) is 24.2 Å². The van der Waals surface area contributed by atoms with Crippen LogP contribution in [0.3, 0.4) is 0 Å². The highest BCUT2D eigenvalue weighted by molar-refractivity contribution is 5.90. The van der Waals surface area contributed by atoms with E-state index in [1.54, 1.807) is 4.90 Å². The van der Waals surface area contributed by atoms with E-state index in [9.17, 15) is 14.4 Å². The molecule has 3 aliphatic rings. The number of urea groups is 1. The molecule has 2 aliphatic heterocycles. The summed E-state index contributed by atoms with van der Waals surface area (Å²) in [5.74, 6) is -0.730. The second-order valence-corrected chi connectivity index (χ2v) is 8.01. The molecule has 1 aliphatic carbocycles. The zero-order valence-corrected chi connectivity index (χ0v) is 15.0. The Balaban J connectivity index is 1.68. The molecule has 0 aromatic rings. The van der Waals surface area contributed by atoms with Crippen molar-refractivity contribution < 1.29 is 23.9 Å². The van der Waals surface area contributed by atoms with E-state index in [1.807, 2.05) is 20.8 Å². The van der Waals surface area contributed by atoms with Crippen LogP contribution < -0.4 is 16.4 Å². The maximum atomic E-state index is 13.2. The van der Waals surface area contributed by atoms with Gasteiger partial charge in [-0.25, -0.2) is 4.79 Å². The van der Waals surface area contributed by atoms with Crippen LogP contribution in [0.2, 0.25) is 0 Å². The van der Waals surface area contributed by atoms with Crippen LogP contribution in [0.25, 0.3) is 0 Å². The molecule has 0 aromatic carbocycles. The molecule has 140 valence electrons. The summed E-state index contributed by atoms with van der Waals surface area (Å²) in [6.07, 6.45) is 1.61. The Morgan fingerprint density at radius 2 is 2.04 bits per heavy atom. The Morgan fingerprint density at radius 1 is 1.40 bits per heavy atom. The number of likely N-dealkylation sites (tertiary alicyclic amines) is 1. The van der Waals surface area contributed by atoms with E-state index in [4.69, 9.17) is 10.5 Å². The lowest BCUT2D eigenvalue weighted by Gasteiger charge is -2.38. The molecule has 9 heteroatoms. The Bertz CT molecular complexity index is 618.